The van der Waals surface area contributed by atoms with Crippen LogP contribution in [0.15, 0.2) is 48.6 Å². The summed E-state index contributed by atoms with van der Waals surface area (Å²) in [6.07, 6.45) is 10.2. The van der Waals surface area contributed by atoms with E-state index in [0.717, 1.165) is 12.8 Å². The van der Waals surface area contributed by atoms with Crippen molar-refractivity contribution in [1.82, 2.24) is 0 Å². The highest BCUT2D eigenvalue weighted by Gasteiger charge is 2.15. The summed E-state index contributed by atoms with van der Waals surface area (Å²) in [4.78, 5) is 0. The van der Waals surface area contributed by atoms with Crippen LogP contribution in [0.4, 0.5) is 8.78 Å². The Balaban J connectivity index is 2.01. The van der Waals surface area contributed by atoms with Crippen molar-refractivity contribution in [3.05, 3.63) is 65.7 Å². The molecule has 0 bridgehead atoms. The van der Waals surface area contributed by atoms with Gasteiger partial charge in [0.15, 0.2) is 11.6 Å². The van der Waals surface area contributed by atoms with Gasteiger partial charge in [0, 0.05) is 5.56 Å². The number of hydrogen-bond donors (Lipinski definition) is 0. The van der Waals surface area contributed by atoms with Gasteiger partial charge < -0.3 is 4.74 Å². The van der Waals surface area contributed by atoms with Crippen LogP contribution in [0, 0.1) is 17.6 Å². The Morgan fingerprint density at radius 2 is 1.73 bits per heavy atom. The molecule has 0 heterocycles. The third-order valence-corrected chi connectivity index (χ3v) is 4.70. The van der Waals surface area contributed by atoms with Gasteiger partial charge in [0.25, 0.3) is 0 Å². The number of allylic oxidation sites excluding steroid dienone is 2. The summed E-state index contributed by atoms with van der Waals surface area (Å²) in [5.74, 6) is -1.24. The molecule has 2 aromatic carbocycles. The molecular weight excluding hydrogens is 330 g/mol. The van der Waals surface area contributed by atoms with Crippen molar-refractivity contribution in [2.24, 2.45) is 5.92 Å². The molecule has 0 amide bonds. The van der Waals surface area contributed by atoms with Gasteiger partial charge in [0.05, 0.1) is 7.11 Å². The number of ether oxygens (including phenoxy) is 1. The quantitative estimate of drug-likeness (QED) is 0.440. The van der Waals surface area contributed by atoms with Crippen LogP contribution in [0.3, 0.4) is 0 Å². The highest BCUT2D eigenvalue weighted by molar-refractivity contribution is 5.65. The van der Waals surface area contributed by atoms with E-state index < -0.39 is 11.6 Å². The van der Waals surface area contributed by atoms with Gasteiger partial charge in [-0.25, -0.2) is 4.39 Å². The molecule has 1 nitrogen and oxygen atoms in total. The van der Waals surface area contributed by atoms with Gasteiger partial charge in [-0.2, -0.15) is 4.39 Å². The molecule has 0 spiro atoms. The number of benzene rings is 2. The molecule has 3 heteroatoms. The Hall–Kier alpha value is -2.16. The van der Waals surface area contributed by atoms with Crippen molar-refractivity contribution in [3.8, 4) is 16.9 Å². The van der Waals surface area contributed by atoms with Crippen molar-refractivity contribution >= 4 is 0 Å². The zero-order valence-corrected chi connectivity index (χ0v) is 15.9. The first-order chi connectivity index (χ1) is 12.6. The van der Waals surface area contributed by atoms with Gasteiger partial charge in [-0.15, -0.1) is 0 Å². The lowest BCUT2D eigenvalue weighted by Crippen LogP contribution is -1.98. The van der Waals surface area contributed by atoms with E-state index in [1.54, 1.807) is 6.07 Å². The largest absolute Gasteiger partial charge is 0.494 e. The Bertz CT molecular complexity index is 720. The molecule has 0 aliphatic carbocycles. The maximum absolute atomic E-state index is 14.2. The maximum atomic E-state index is 14.2. The molecule has 0 fully saturated rings. The van der Waals surface area contributed by atoms with E-state index in [9.17, 15) is 8.78 Å². The first-order valence-electron chi connectivity index (χ1n) is 9.34. The van der Waals surface area contributed by atoms with Crippen molar-refractivity contribution in [3.63, 3.8) is 0 Å². The van der Waals surface area contributed by atoms with Gasteiger partial charge in [-0.05, 0) is 61.8 Å². The molecule has 0 saturated heterocycles. The molecule has 0 aromatic heterocycles. The van der Waals surface area contributed by atoms with E-state index in [1.165, 1.54) is 38.0 Å². The van der Waals surface area contributed by atoms with Crippen LogP contribution in [0.25, 0.3) is 11.1 Å². The third kappa shape index (κ3) is 5.17. The number of rotatable bonds is 9. The molecule has 2 aromatic rings. The Kier molecular flexibility index (Phi) is 7.83. The van der Waals surface area contributed by atoms with Crippen LogP contribution in [-0.4, -0.2) is 7.11 Å². The van der Waals surface area contributed by atoms with Crippen molar-refractivity contribution in [2.45, 2.75) is 46.0 Å². The first kappa shape index (κ1) is 20.2. The highest BCUT2D eigenvalue weighted by Crippen LogP contribution is 2.30. The van der Waals surface area contributed by atoms with Crippen molar-refractivity contribution in [1.29, 1.82) is 0 Å². The van der Waals surface area contributed by atoms with E-state index >= 15 is 0 Å². The van der Waals surface area contributed by atoms with Crippen LogP contribution in [-0.2, 0) is 6.42 Å². The van der Waals surface area contributed by atoms with E-state index in [2.05, 4.69) is 26.0 Å². The lowest BCUT2D eigenvalue weighted by Gasteiger charge is -2.12. The molecule has 0 saturated carbocycles. The summed E-state index contributed by atoms with van der Waals surface area (Å²) in [7, 11) is 1.33. The zero-order valence-electron chi connectivity index (χ0n) is 15.9. The summed E-state index contributed by atoms with van der Waals surface area (Å²) in [5.41, 5.74) is 2.15. The lowest BCUT2D eigenvalue weighted by atomic mass is 9.94. The van der Waals surface area contributed by atoms with Crippen molar-refractivity contribution in [2.75, 3.05) is 7.11 Å². The topological polar surface area (TPSA) is 9.23 Å². The maximum Gasteiger partial charge on any atom is 0.201 e. The third-order valence-electron chi connectivity index (χ3n) is 4.70. The SMILES string of the molecule is CC=CC(CCC)CCCc1ccc(-c2ccc(OC)c(F)c2F)cc1. The zero-order chi connectivity index (χ0) is 18.9. The summed E-state index contributed by atoms with van der Waals surface area (Å²) in [5, 5.41) is 0. The van der Waals surface area contributed by atoms with Crippen LogP contribution in [0.2, 0.25) is 0 Å². The minimum absolute atomic E-state index is 0.0781. The second-order valence-electron chi connectivity index (χ2n) is 6.61. The van der Waals surface area contributed by atoms with Gasteiger partial charge in [0.1, 0.15) is 0 Å². The average molecular weight is 358 g/mol. The summed E-state index contributed by atoms with van der Waals surface area (Å²) >= 11 is 0. The number of halogens is 2. The number of aryl methyl sites for hydroxylation is 1. The van der Waals surface area contributed by atoms with Gasteiger partial charge in [0.2, 0.25) is 5.82 Å². The Morgan fingerprint density at radius 1 is 1.00 bits per heavy atom. The number of methoxy groups -OCH3 is 1. The molecule has 0 radical (unpaired) electrons. The second-order valence-corrected chi connectivity index (χ2v) is 6.61. The van der Waals surface area contributed by atoms with Gasteiger partial charge in [-0.1, -0.05) is 49.8 Å². The second kappa shape index (κ2) is 10.1. The fourth-order valence-corrected chi connectivity index (χ4v) is 3.31. The van der Waals surface area contributed by atoms with Gasteiger partial charge >= 0.3 is 0 Å². The lowest BCUT2D eigenvalue weighted by molar-refractivity contribution is 0.372. The molecule has 26 heavy (non-hydrogen) atoms. The Morgan fingerprint density at radius 3 is 2.35 bits per heavy atom. The van der Waals surface area contributed by atoms with Crippen LogP contribution >= 0.6 is 0 Å². The summed E-state index contributed by atoms with van der Waals surface area (Å²) < 4.78 is 32.9. The Labute approximate surface area is 155 Å². The molecule has 2 rings (SSSR count). The number of hydrogen-bond acceptors (Lipinski definition) is 1. The fraction of sp³-hybridized carbons (Fsp3) is 0.391. The van der Waals surface area contributed by atoms with Crippen LogP contribution in [0.1, 0.15) is 45.1 Å². The minimum atomic E-state index is -0.944. The predicted octanol–water partition coefficient (Wildman–Crippen LogP) is 6.96. The average Bonchev–Trinajstić information content (AvgIpc) is 2.65. The normalized spacial score (nSPS) is 12.5. The molecular formula is C23H28F2O. The van der Waals surface area contributed by atoms with Gasteiger partial charge in [-0.3, -0.25) is 0 Å². The highest BCUT2D eigenvalue weighted by atomic mass is 19.2. The molecule has 1 atom stereocenters. The minimum Gasteiger partial charge on any atom is -0.494 e. The predicted molar refractivity (Wildman–Crippen MR) is 104 cm³/mol. The smallest absolute Gasteiger partial charge is 0.201 e. The van der Waals surface area contributed by atoms with E-state index in [-0.39, 0.29) is 11.3 Å². The summed E-state index contributed by atoms with van der Waals surface area (Å²) in [6, 6.07) is 10.7. The molecule has 1 unspecified atom stereocenters. The summed E-state index contributed by atoms with van der Waals surface area (Å²) in [6.45, 7) is 4.29. The fourth-order valence-electron chi connectivity index (χ4n) is 3.31. The van der Waals surface area contributed by atoms with E-state index in [0.29, 0.717) is 11.5 Å². The first-order valence-corrected chi connectivity index (χ1v) is 9.34. The van der Waals surface area contributed by atoms with Crippen LogP contribution < -0.4 is 4.74 Å². The molecule has 0 aliphatic rings. The van der Waals surface area contributed by atoms with E-state index in [4.69, 9.17) is 4.74 Å². The monoisotopic (exact) mass is 358 g/mol. The van der Waals surface area contributed by atoms with Crippen LogP contribution in [0.5, 0.6) is 5.75 Å². The molecule has 0 aliphatic heterocycles. The molecule has 140 valence electrons. The van der Waals surface area contributed by atoms with Crippen molar-refractivity contribution < 1.29 is 13.5 Å². The van der Waals surface area contributed by atoms with E-state index in [1.807, 2.05) is 24.3 Å². The molecule has 0 N–H and O–H groups in total. The standard InChI is InChI=1S/C23H28F2O/c1-4-7-17(8-5-2)9-6-10-18-11-13-19(14-12-18)20-15-16-21(26-3)23(25)22(20)24/h4,7,11-17H,5-6,8-10H2,1-3H3.